The number of fused-ring (bicyclic) bond motifs is 1. The van der Waals surface area contributed by atoms with E-state index in [0.29, 0.717) is 12.5 Å². The van der Waals surface area contributed by atoms with E-state index in [0.717, 1.165) is 19.5 Å². The maximum absolute atomic E-state index is 11.3. The molecule has 15 heavy (non-hydrogen) atoms. The molecule has 2 heterocycles. The molecule has 0 aromatic rings. The lowest BCUT2D eigenvalue weighted by atomic mass is 9.68. The molecule has 2 fully saturated rings. The number of amides is 1. The maximum Gasteiger partial charge on any atom is 0.407 e. The normalized spacial score (nSPS) is 35.7. The minimum absolute atomic E-state index is 0.00391. The van der Waals surface area contributed by atoms with E-state index < -0.39 is 6.09 Å². The SMILES string of the molecule is CC(C)(C)[C@@]12CNC[C@H]1CCN2C(=O)O. The number of carbonyl (C=O) groups is 1. The van der Waals surface area contributed by atoms with Crippen molar-refractivity contribution < 1.29 is 9.90 Å². The Bertz CT molecular complexity index is 285. The fourth-order valence-electron chi connectivity index (χ4n) is 3.44. The van der Waals surface area contributed by atoms with Crippen LogP contribution >= 0.6 is 0 Å². The molecule has 0 saturated carbocycles. The number of likely N-dealkylation sites (tertiary alicyclic amines) is 1. The zero-order valence-corrected chi connectivity index (χ0v) is 9.71. The molecule has 4 heteroatoms. The molecular formula is C11H20N2O2. The number of nitrogens with zero attached hydrogens (tertiary/aromatic N) is 1. The fourth-order valence-corrected chi connectivity index (χ4v) is 3.44. The van der Waals surface area contributed by atoms with Gasteiger partial charge in [0, 0.05) is 19.6 Å². The predicted molar refractivity (Wildman–Crippen MR) is 57.9 cm³/mol. The molecular weight excluding hydrogens is 192 g/mol. The molecule has 2 N–H and O–H groups in total. The van der Waals surface area contributed by atoms with E-state index in [1.54, 1.807) is 4.90 Å². The van der Waals surface area contributed by atoms with E-state index in [1.165, 1.54) is 0 Å². The highest BCUT2D eigenvalue weighted by Gasteiger charge is 2.59. The van der Waals surface area contributed by atoms with Crippen LogP contribution in [0.15, 0.2) is 0 Å². The van der Waals surface area contributed by atoms with Gasteiger partial charge in [0.15, 0.2) is 0 Å². The Morgan fingerprint density at radius 1 is 1.53 bits per heavy atom. The molecule has 0 aliphatic carbocycles. The van der Waals surface area contributed by atoms with Crippen LogP contribution in [-0.2, 0) is 0 Å². The highest BCUT2D eigenvalue weighted by atomic mass is 16.4. The van der Waals surface area contributed by atoms with Crippen molar-refractivity contribution in [1.29, 1.82) is 0 Å². The smallest absolute Gasteiger partial charge is 0.407 e. The zero-order chi connectivity index (χ0) is 11.3. The van der Waals surface area contributed by atoms with Crippen LogP contribution in [0.1, 0.15) is 27.2 Å². The van der Waals surface area contributed by atoms with Gasteiger partial charge in [-0.2, -0.15) is 0 Å². The Labute approximate surface area is 90.6 Å². The second-order valence-corrected chi connectivity index (χ2v) is 5.72. The average molecular weight is 212 g/mol. The van der Waals surface area contributed by atoms with E-state index in [1.807, 2.05) is 0 Å². The van der Waals surface area contributed by atoms with Crippen molar-refractivity contribution in [2.75, 3.05) is 19.6 Å². The van der Waals surface area contributed by atoms with Gasteiger partial charge in [-0.25, -0.2) is 4.79 Å². The molecule has 2 atom stereocenters. The molecule has 0 spiro atoms. The maximum atomic E-state index is 11.3. The van der Waals surface area contributed by atoms with Crippen LogP contribution in [0.3, 0.4) is 0 Å². The van der Waals surface area contributed by atoms with Crippen LogP contribution in [0.5, 0.6) is 0 Å². The number of carboxylic acid groups (broad SMARTS) is 1. The minimum Gasteiger partial charge on any atom is -0.465 e. The van der Waals surface area contributed by atoms with Crippen molar-refractivity contribution in [3.8, 4) is 0 Å². The van der Waals surface area contributed by atoms with Crippen molar-refractivity contribution in [3.05, 3.63) is 0 Å². The van der Waals surface area contributed by atoms with Crippen molar-refractivity contribution in [2.24, 2.45) is 11.3 Å². The van der Waals surface area contributed by atoms with Crippen LogP contribution in [0.2, 0.25) is 0 Å². The Hall–Kier alpha value is -0.770. The molecule has 2 saturated heterocycles. The highest BCUT2D eigenvalue weighted by molar-refractivity contribution is 5.67. The third-order valence-corrected chi connectivity index (χ3v) is 4.17. The van der Waals surface area contributed by atoms with Crippen LogP contribution in [0.4, 0.5) is 4.79 Å². The Kier molecular flexibility index (Phi) is 2.23. The minimum atomic E-state index is -0.767. The molecule has 0 aromatic carbocycles. The Balaban J connectivity index is 2.41. The van der Waals surface area contributed by atoms with Crippen LogP contribution < -0.4 is 5.32 Å². The largest absolute Gasteiger partial charge is 0.465 e. The van der Waals surface area contributed by atoms with Gasteiger partial charge >= 0.3 is 6.09 Å². The van der Waals surface area contributed by atoms with E-state index in [-0.39, 0.29) is 11.0 Å². The van der Waals surface area contributed by atoms with Crippen molar-refractivity contribution >= 4 is 6.09 Å². The summed E-state index contributed by atoms with van der Waals surface area (Å²) in [7, 11) is 0. The summed E-state index contributed by atoms with van der Waals surface area (Å²) in [6.45, 7) is 8.89. The van der Waals surface area contributed by atoms with E-state index in [4.69, 9.17) is 0 Å². The van der Waals surface area contributed by atoms with Gasteiger partial charge in [0.05, 0.1) is 5.54 Å². The van der Waals surface area contributed by atoms with Gasteiger partial charge in [0.25, 0.3) is 0 Å². The molecule has 0 radical (unpaired) electrons. The van der Waals surface area contributed by atoms with Crippen LogP contribution in [0.25, 0.3) is 0 Å². The molecule has 0 aromatic heterocycles. The zero-order valence-electron chi connectivity index (χ0n) is 9.71. The number of rotatable bonds is 0. The summed E-state index contributed by atoms with van der Waals surface area (Å²) in [5, 5.41) is 12.6. The summed E-state index contributed by atoms with van der Waals surface area (Å²) in [5.41, 5.74) is -0.200. The van der Waals surface area contributed by atoms with Crippen LogP contribution in [-0.4, -0.2) is 41.3 Å². The number of hydrogen-bond donors (Lipinski definition) is 2. The van der Waals surface area contributed by atoms with Gasteiger partial charge in [-0.3, -0.25) is 0 Å². The summed E-state index contributed by atoms with van der Waals surface area (Å²) in [5.74, 6) is 0.480. The van der Waals surface area contributed by atoms with Gasteiger partial charge in [-0.05, 0) is 17.8 Å². The van der Waals surface area contributed by atoms with E-state index in [9.17, 15) is 9.90 Å². The summed E-state index contributed by atoms with van der Waals surface area (Å²) in [4.78, 5) is 13.0. The average Bonchev–Trinajstić information content (AvgIpc) is 2.55. The van der Waals surface area contributed by atoms with E-state index >= 15 is 0 Å². The third-order valence-electron chi connectivity index (χ3n) is 4.17. The molecule has 2 aliphatic rings. The van der Waals surface area contributed by atoms with E-state index in [2.05, 4.69) is 26.1 Å². The number of nitrogens with one attached hydrogen (secondary N) is 1. The molecule has 0 bridgehead atoms. The third kappa shape index (κ3) is 1.27. The van der Waals surface area contributed by atoms with Gasteiger partial charge < -0.3 is 15.3 Å². The standard InChI is InChI=1S/C11H20N2O2/c1-10(2,3)11-7-12-6-8(11)4-5-13(11)9(14)15/h8,12H,4-7H2,1-3H3,(H,14,15)/t8-,11-/m1/s1. The second kappa shape index (κ2) is 3.11. The lowest BCUT2D eigenvalue weighted by Crippen LogP contribution is -2.59. The Morgan fingerprint density at radius 2 is 2.20 bits per heavy atom. The van der Waals surface area contributed by atoms with Crippen molar-refractivity contribution in [2.45, 2.75) is 32.7 Å². The van der Waals surface area contributed by atoms with Crippen molar-refractivity contribution in [3.63, 3.8) is 0 Å². The van der Waals surface area contributed by atoms with Crippen molar-refractivity contribution in [1.82, 2.24) is 10.2 Å². The van der Waals surface area contributed by atoms with Crippen LogP contribution in [0, 0.1) is 11.3 Å². The van der Waals surface area contributed by atoms with Gasteiger partial charge in [0.1, 0.15) is 0 Å². The first-order chi connectivity index (χ1) is 6.89. The molecule has 0 unspecified atom stereocenters. The molecule has 86 valence electrons. The number of hydrogen-bond acceptors (Lipinski definition) is 2. The van der Waals surface area contributed by atoms with Gasteiger partial charge in [-0.1, -0.05) is 20.8 Å². The summed E-state index contributed by atoms with van der Waals surface area (Å²) < 4.78 is 0. The monoisotopic (exact) mass is 212 g/mol. The topological polar surface area (TPSA) is 52.6 Å². The summed E-state index contributed by atoms with van der Waals surface area (Å²) >= 11 is 0. The predicted octanol–water partition coefficient (Wildman–Crippen LogP) is 1.37. The summed E-state index contributed by atoms with van der Waals surface area (Å²) in [6.07, 6.45) is 0.229. The quantitative estimate of drug-likeness (QED) is 0.637. The van der Waals surface area contributed by atoms with Gasteiger partial charge in [0.2, 0.25) is 0 Å². The molecule has 2 rings (SSSR count). The first-order valence-corrected chi connectivity index (χ1v) is 5.61. The molecule has 2 aliphatic heterocycles. The fraction of sp³-hybridized carbons (Fsp3) is 0.909. The lowest BCUT2D eigenvalue weighted by Gasteiger charge is -2.46. The van der Waals surface area contributed by atoms with Gasteiger partial charge in [-0.15, -0.1) is 0 Å². The first kappa shape index (κ1) is 10.7. The summed E-state index contributed by atoms with van der Waals surface area (Å²) in [6, 6.07) is 0. The molecule has 4 nitrogen and oxygen atoms in total. The second-order valence-electron chi connectivity index (χ2n) is 5.72. The first-order valence-electron chi connectivity index (χ1n) is 5.61. The highest BCUT2D eigenvalue weighted by Crippen LogP contribution is 2.49. The molecule has 1 amide bonds. The Morgan fingerprint density at radius 3 is 2.73 bits per heavy atom. The lowest BCUT2D eigenvalue weighted by molar-refractivity contribution is 0.0270.